The molecule has 1 aliphatic heterocycles. The Morgan fingerprint density at radius 3 is 1.93 bits per heavy atom. The van der Waals surface area contributed by atoms with Crippen LogP contribution in [0.1, 0.15) is 48.0 Å². The van der Waals surface area contributed by atoms with Crippen molar-refractivity contribution in [2.75, 3.05) is 6.54 Å². The van der Waals surface area contributed by atoms with Gasteiger partial charge in [0.1, 0.15) is 0 Å². The number of hydrogen-bond acceptors (Lipinski definition) is 1. The lowest BCUT2D eigenvalue weighted by Gasteiger charge is -2.48. The molecule has 0 spiro atoms. The van der Waals surface area contributed by atoms with Crippen LogP contribution in [0.25, 0.3) is 0 Å². The van der Waals surface area contributed by atoms with Crippen LogP contribution in [-0.4, -0.2) is 23.0 Å². The van der Waals surface area contributed by atoms with Crippen LogP contribution >= 0.6 is 0 Å². The fraction of sp³-hybridized carbons (Fsp3) is 0.846. The molecule has 82 valence electrons. The molecule has 0 bridgehead atoms. The minimum atomic E-state index is 0.280. The molecule has 1 heteroatoms. The van der Waals surface area contributed by atoms with Crippen molar-refractivity contribution in [3.05, 3.63) is 12.2 Å². The molecule has 0 aliphatic carbocycles. The predicted molar refractivity (Wildman–Crippen MR) is 63.5 cm³/mol. The maximum Gasteiger partial charge on any atom is 0.0187 e. The molecular weight excluding hydrogens is 170 g/mol. The molecule has 14 heavy (non-hydrogen) atoms. The first-order chi connectivity index (χ1) is 6.23. The fourth-order valence-electron chi connectivity index (χ4n) is 2.23. The Morgan fingerprint density at radius 2 is 1.57 bits per heavy atom. The highest BCUT2D eigenvalue weighted by Gasteiger charge is 2.35. The van der Waals surface area contributed by atoms with Gasteiger partial charge in [-0.25, -0.2) is 0 Å². The van der Waals surface area contributed by atoms with Crippen molar-refractivity contribution in [3.63, 3.8) is 0 Å². The second-order valence-corrected chi connectivity index (χ2v) is 6.41. The van der Waals surface area contributed by atoms with E-state index >= 15 is 0 Å². The van der Waals surface area contributed by atoms with E-state index in [2.05, 4.69) is 58.6 Å². The Balaban J connectivity index is 2.87. The van der Waals surface area contributed by atoms with Gasteiger partial charge in [-0.15, -0.1) is 0 Å². The molecule has 1 unspecified atom stereocenters. The predicted octanol–water partition coefficient (Wildman–Crippen LogP) is 3.46. The molecule has 0 aromatic heterocycles. The Hall–Kier alpha value is -0.300. The van der Waals surface area contributed by atoms with E-state index in [0.717, 1.165) is 6.54 Å². The van der Waals surface area contributed by atoms with Gasteiger partial charge >= 0.3 is 0 Å². The summed E-state index contributed by atoms with van der Waals surface area (Å²) in [4.78, 5) is 2.62. The maximum atomic E-state index is 2.62. The van der Waals surface area contributed by atoms with Crippen LogP contribution in [0.5, 0.6) is 0 Å². The zero-order chi connectivity index (χ0) is 11.0. The number of nitrogens with zero attached hydrogens (tertiary/aromatic N) is 1. The van der Waals surface area contributed by atoms with E-state index in [0.29, 0.717) is 11.5 Å². The van der Waals surface area contributed by atoms with Crippen molar-refractivity contribution in [1.82, 2.24) is 4.90 Å². The summed E-state index contributed by atoms with van der Waals surface area (Å²) in [5.74, 6) is 0. The van der Waals surface area contributed by atoms with Gasteiger partial charge in [-0.05, 0) is 32.6 Å². The Kier molecular flexibility index (Phi) is 3.10. The van der Waals surface area contributed by atoms with Gasteiger partial charge in [0.15, 0.2) is 0 Å². The van der Waals surface area contributed by atoms with Crippen LogP contribution < -0.4 is 0 Å². The Labute approximate surface area is 89.2 Å². The van der Waals surface area contributed by atoms with Gasteiger partial charge in [-0.3, -0.25) is 4.90 Å². The lowest BCUT2D eigenvalue weighted by atomic mass is 9.80. The Morgan fingerprint density at radius 1 is 1.00 bits per heavy atom. The summed E-state index contributed by atoms with van der Waals surface area (Å²) < 4.78 is 0. The fourth-order valence-corrected chi connectivity index (χ4v) is 2.23. The van der Waals surface area contributed by atoms with E-state index in [4.69, 9.17) is 0 Å². The van der Waals surface area contributed by atoms with Crippen LogP contribution in [0, 0.1) is 5.41 Å². The highest BCUT2D eigenvalue weighted by Crippen LogP contribution is 2.33. The molecule has 1 aliphatic rings. The summed E-state index contributed by atoms with van der Waals surface area (Å²) in [6.45, 7) is 15.1. The molecule has 0 saturated carbocycles. The first-order valence-corrected chi connectivity index (χ1v) is 5.64. The van der Waals surface area contributed by atoms with E-state index in [9.17, 15) is 0 Å². The third kappa shape index (κ3) is 2.60. The first kappa shape index (κ1) is 11.8. The van der Waals surface area contributed by atoms with E-state index in [1.165, 1.54) is 6.42 Å². The van der Waals surface area contributed by atoms with Gasteiger partial charge < -0.3 is 0 Å². The molecule has 1 rings (SSSR count). The van der Waals surface area contributed by atoms with Crippen molar-refractivity contribution >= 4 is 0 Å². The summed E-state index contributed by atoms with van der Waals surface area (Å²) in [7, 11) is 0. The Bertz CT molecular complexity index is 190. The smallest absolute Gasteiger partial charge is 0.0187 e. The van der Waals surface area contributed by atoms with E-state index in [-0.39, 0.29) is 5.54 Å². The topological polar surface area (TPSA) is 3.24 Å². The molecule has 1 atom stereocenters. The van der Waals surface area contributed by atoms with Crippen molar-refractivity contribution < 1.29 is 0 Å². The highest BCUT2D eigenvalue weighted by atomic mass is 15.2. The zero-order valence-electron chi connectivity index (χ0n) is 10.6. The summed E-state index contributed by atoms with van der Waals surface area (Å²) in [6.07, 6.45) is 5.83. The summed E-state index contributed by atoms with van der Waals surface area (Å²) in [6, 6.07) is 0.674. The SMILES string of the molecule is CC(C)(C)C1CC=CCN1C(C)(C)C. The van der Waals surface area contributed by atoms with Gasteiger partial charge in [0.2, 0.25) is 0 Å². The quantitative estimate of drug-likeness (QED) is 0.535. The van der Waals surface area contributed by atoms with Crippen LogP contribution in [0.4, 0.5) is 0 Å². The molecule has 0 amide bonds. The third-order valence-corrected chi connectivity index (χ3v) is 3.07. The largest absolute Gasteiger partial charge is 0.291 e. The monoisotopic (exact) mass is 195 g/mol. The minimum absolute atomic E-state index is 0.280. The molecule has 0 saturated heterocycles. The number of rotatable bonds is 0. The molecular formula is C13H25N. The average molecular weight is 195 g/mol. The summed E-state index contributed by atoms with van der Waals surface area (Å²) in [5.41, 5.74) is 0.654. The van der Waals surface area contributed by atoms with E-state index in [1.807, 2.05) is 0 Å². The van der Waals surface area contributed by atoms with Crippen molar-refractivity contribution in [2.45, 2.75) is 59.5 Å². The number of hydrogen-bond donors (Lipinski definition) is 0. The maximum absolute atomic E-state index is 2.62. The van der Waals surface area contributed by atoms with E-state index < -0.39 is 0 Å². The molecule has 0 fully saturated rings. The lowest BCUT2D eigenvalue weighted by molar-refractivity contribution is 0.0292. The third-order valence-electron chi connectivity index (χ3n) is 3.07. The summed E-state index contributed by atoms with van der Waals surface area (Å²) in [5, 5.41) is 0. The van der Waals surface area contributed by atoms with Crippen LogP contribution in [0.2, 0.25) is 0 Å². The minimum Gasteiger partial charge on any atom is -0.291 e. The standard InChI is InChI=1S/C13H25N/c1-12(2,3)11-9-7-8-10-14(11)13(4,5)6/h7-8,11H,9-10H2,1-6H3. The van der Waals surface area contributed by atoms with Gasteiger partial charge in [0.25, 0.3) is 0 Å². The van der Waals surface area contributed by atoms with Crippen molar-refractivity contribution in [3.8, 4) is 0 Å². The zero-order valence-corrected chi connectivity index (χ0v) is 10.6. The van der Waals surface area contributed by atoms with Crippen LogP contribution in [0.3, 0.4) is 0 Å². The van der Waals surface area contributed by atoms with Crippen LogP contribution in [-0.2, 0) is 0 Å². The first-order valence-electron chi connectivity index (χ1n) is 5.64. The van der Waals surface area contributed by atoms with Gasteiger partial charge in [0, 0.05) is 18.1 Å². The average Bonchev–Trinajstić information content (AvgIpc) is 2.01. The lowest BCUT2D eigenvalue weighted by Crippen LogP contribution is -2.54. The molecule has 1 heterocycles. The van der Waals surface area contributed by atoms with Gasteiger partial charge in [-0.2, -0.15) is 0 Å². The normalized spacial score (nSPS) is 25.4. The summed E-state index contributed by atoms with van der Waals surface area (Å²) >= 11 is 0. The van der Waals surface area contributed by atoms with Gasteiger partial charge in [-0.1, -0.05) is 32.9 Å². The van der Waals surface area contributed by atoms with Crippen molar-refractivity contribution in [1.29, 1.82) is 0 Å². The molecule has 0 radical (unpaired) electrons. The van der Waals surface area contributed by atoms with Crippen molar-refractivity contribution in [2.24, 2.45) is 5.41 Å². The second kappa shape index (κ2) is 3.69. The molecule has 0 N–H and O–H groups in total. The van der Waals surface area contributed by atoms with E-state index in [1.54, 1.807) is 0 Å². The van der Waals surface area contributed by atoms with Crippen LogP contribution in [0.15, 0.2) is 12.2 Å². The second-order valence-electron chi connectivity index (χ2n) is 6.41. The van der Waals surface area contributed by atoms with Gasteiger partial charge in [0.05, 0.1) is 0 Å². The molecule has 1 nitrogen and oxygen atoms in total. The highest BCUT2D eigenvalue weighted by molar-refractivity contribution is 5.03. The molecule has 0 aromatic carbocycles. The molecule has 0 aromatic rings.